The van der Waals surface area contributed by atoms with Crippen LogP contribution in [0, 0.1) is 5.41 Å². The zero-order valence-electron chi connectivity index (χ0n) is 17.8. The number of amides is 1. The summed E-state index contributed by atoms with van der Waals surface area (Å²) in [6.45, 7) is 11.6. The second kappa shape index (κ2) is 9.21. The summed E-state index contributed by atoms with van der Waals surface area (Å²) in [5, 5.41) is 6.50. The molecule has 2 atom stereocenters. The number of piperazine rings is 1. The van der Waals surface area contributed by atoms with Crippen LogP contribution in [-0.2, 0) is 14.3 Å². The van der Waals surface area contributed by atoms with Gasteiger partial charge in [-0.2, -0.15) is 0 Å². The molecule has 1 amide bonds. The summed E-state index contributed by atoms with van der Waals surface area (Å²) in [5.41, 5.74) is -0.0573. The summed E-state index contributed by atoms with van der Waals surface area (Å²) < 4.78 is 10.7. The van der Waals surface area contributed by atoms with Gasteiger partial charge in [0.05, 0.1) is 18.8 Å². The predicted molar refractivity (Wildman–Crippen MR) is 107 cm³/mol. The van der Waals surface area contributed by atoms with Crippen LogP contribution in [-0.4, -0.2) is 100 Å². The fourth-order valence-corrected chi connectivity index (χ4v) is 3.85. The molecule has 2 N–H and O–H groups in total. The highest BCUT2D eigenvalue weighted by atomic mass is 16.5. The number of aliphatic imine (C=N–C) groups is 1. The van der Waals surface area contributed by atoms with E-state index in [4.69, 9.17) is 9.47 Å². The average Bonchev–Trinajstić information content (AvgIpc) is 2.65. The third kappa shape index (κ3) is 4.92. The van der Waals surface area contributed by atoms with Gasteiger partial charge in [-0.15, -0.1) is 0 Å². The second-order valence-electron chi connectivity index (χ2n) is 8.21. The summed E-state index contributed by atoms with van der Waals surface area (Å²) in [6, 6.07) is 0.339. The first-order chi connectivity index (χ1) is 12.8. The Morgan fingerprint density at radius 3 is 2.37 bits per heavy atom. The first-order valence-electron chi connectivity index (χ1n) is 9.79. The Balaban J connectivity index is 1.78. The van der Waals surface area contributed by atoms with Crippen LogP contribution in [0.5, 0.6) is 0 Å². The molecule has 8 nitrogen and oxygen atoms in total. The monoisotopic (exact) mass is 383 g/mol. The molecule has 0 radical (unpaired) electrons. The van der Waals surface area contributed by atoms with Gasteiger partial charge in [0, 0.05) is 65.4 Å². The summed E-state index contributed by atoms with van der Waals surface area (Å²) in [4.78, 5) is 20.9. The van der Waals surface area contributed by atoms with E-state index in [0.717, 1.165) is 38.6 Å². The zero-order chi connectivity index (χ0) is 20.1. The molecule has 2 unspecified atom stereocenters. The van der Waals surface area contributed by atoms with Crippen molar-refractivity contribution in [2.24, 2.45) is 10.4 Å². The normalized spacial score (nSPS) is 28.6. The average molecular weight is 384 g/mol. The lowest BCUT2D eigenvalue weighted by molar-refractivity contribution is -0.177. The predicted octanol–water partition coefficient (Wildman–Crippen LogP) is 0.146. The van der Waals surface area contributed by atoms with Crippen molar-refractivity contribution in [1.82, 2.24) is 20.4 Å². The van der Waals surface area contributed by atoms with Crippen LogP contribution in [0.2, 0.25) is 0 Å². The topological polar surface area (TPSA) is 78.4 Å². The first-order valence-corrected chi connectivity index (χ1v) is 9.79. The lowest BCUT2D eigenvalue weighted by Gasteiger charge is -2.59. The molecule has 0 aromatic carbocycles. The minimum Gasteiger partial charge on any atom is -0.383 e. The highest BCUT2D eigenvalue weighted by molar-refractivity contribution is 5.81. The number of carbonyl (C=O) groups is 1. The number of ether oxygens (including phenoxy) is 2. The lowest BCUT2D eigenvalue weighted by Crippen LogP contribution is -2.70. The van der Waals surface area contributed by atoms with Gasteiger partial charge in [-0.25, -0.2) is 0 Å². The van der Waals surface area contributed by atoms with Crippen LogP contribution in [0.15, 0.2) is 4.99 Å². The van der Waals surface area contributed by atoms with Crippen molar-refractivity contribution in [3.8, 4) is 0 Å². The molecular weight excluding hydrogens is 346 g/mol. The molecule has 8 heteroatoms. The summed E-state index contributed by atoms with van der Waals surface area (Å²) in [6.07, 6.45) is 0.969. The third-order valence-electron chi connectivity index (χ3n) is 6.46. The smallest absolute Gasteiger partial charge is 0.234 e. The number of nitrogens with zero attached hydrogens (tertiary/aromatic N) is 3. The van der Waals surface area contributed by atoms with Gasteiger partial charge in [-0.3, -0.25) is 14.7 Å². The molecule has 2 fully saturated rings. The molecule has 0 aromatic heterocycles. The van der Waals surface area contributed by atoms with Crippen molar-refractivity contribution in [2.45, 2.75) is 38.8 Å². The number of nitrogens with one attached hydrogen (secondary N) is 2. The van der Waals surface area contributed by atoms with Crippen LogP contribution in [0.3, 0.4) is 0 Å². The largest absolute Gasteiger partial charge is 0.383 e. The standard InChI is InChI=1S/C19H37N5O3/c1-18(2)15(13-19(18,3)27-6)22-17(20-4)24-10-8-23(9-11-24)14-16(25)21-7-12-26-5/h15H,7-14H2,1-6H3,(H,20,22)(H,21,25). The molecule has 1 heterocycles. The van der Waals surface area contributed by atoms with Gasteiger partial charge in [0.15, 0.2) is 5.96 Å². The van der Waals surface area contributed by atoms with Crippen LogP contribution < -0.4 is 10.6 Å². The van der Waals surface area contributed by atoms with Crippen molar-refractivity contribution < 1.29 is 14.3 Å². The van der Waals surface area contributed by atoms with E-state index in [0.29, 0.717) is 25.7 Å². The van der Waals surface area contributed by atoms with Crippen molar-refractivity contribution in [3.05, 3.63) is 0 Å². The molecular formula is C19H37N5O3. The second-order valence-corrected chi connectivity index (χ2v) is 8.21. The van der Waals surface area contributed by atoms with Gasteiger partial charge < -0.3 is 25.0 Å². The molecule has 0 aromatic rings. The van der Waals surface area contributed by atoms with Crippen LogP contribution in [0.25, 0.3) is 0 Å². The van der Waals surface area contributed by atoms with Crippen LogP contribution in [0.4, 0.5) is 0 Å². The quantitative estimate of drug-likeness (QED) is 0.370. The maximum Gasteiger partial charge on any atom is 0.234 e. The first kappa shape index (κ1) is 21.9. The highest BCUT2D eigenvalue weighted by Gasteiger charge is 2.58. The maximum absolute atomic E-state index is 11.9. The van der Waals surface area contributed by atoms with Gasteiger partial charge in [0.25, 0.3) is 0 Å². The molecule has 27 heavy (non-hydrogen) atoms. The zero-order valence-corrected chi connectivity index (χ0v) is 17.8. The molecule has 1 saturated heterocycles. The van der Waals surface area contributed by atoms with E-state index in [1.807, 2.05) is 7.05 Å². The van der Waals surface area contributed by atoms with E-state index in [2.05, 4.69) is 46.2 Å². The molecule has 1 aliphatic carbocycles. The number of hydrogen-bond acceptors (Lipinski definition) is 5. The Hall–Kier alpha value is -1.38. The molecule has 2 rings (SSSR count). The molecule has 1 aliphatic heterocycles. The highest BCUT2D eigenvalue weighted by Crippen LogP contribution is 2.51. The van der Waals surface area contributed by atoms with Gasteiger partial charge in [-0.05, 0) is 13.3 Å². The fourth-order valence-electron chi connectivity index (χ4n) is 3.85. The minimum absolute atomic E-state index is 0.0415. The molecule has 0 bridgehead atoms. The maximum atomic E-state index is 11.9. The Bertz CT molecular complexity index is 531. The van der Waals surface area contributed by atoms with Gasteiger partial charge in [-0.1, -0.05) is 13.8 Å². The molecule has 2 aliphatic rings. The number of rotatable bonds is 7. The lowest BCUT2D eigenvalue weighted by atomic mass is 9.56. The summed E-state index contributed by atoms with van der Waals surface area (Å²) >= 11 is 0. The van der Waals surface area contributed by atoms with E-state index >= 15 is 0 Å². The van der Waals surface area contributed by atoms with E-state index < -0.39 is 0 Å². The van der Waals surface area contributed by atoms with E-state index in [9.17, 15) is 4.79 Å². The summed E-state index contributed by atoms with van der Waals surface area (Å²) in [7, 11) is 5.25. The SMILES string of the molecule is CN=C(NC1CC(C)(OC)C1(C)C)N1CCN(CC(=O)NCCOC)CC1. The van der Waals surface area contributed by atoms with Crippen LogP contribution >= 0.6 is 0 Å². The minimum atomic E-state index is -0.0988. The van der Waals surface area contributed by atoms with E-state index in [1.54, 1.807) is 14.2 Å². The molecule has 1 saturated carbocycles. The molecule has 156 valence electrons. The number of methoxy groups -OCH3 is 2. The summed E-state index contributed by atoms with van der Waals surface area (Å²) in [5.74, 6) is 0.994. The van der Waals surface area contributed by atoms with Crippen molar-refractivity contribution in [2.75, 3.05) is 67.1 Å². The third-order valence-corrected chi connectivity index (χ3v) is 6.46. The Morgan fingerprint density at radius 2 is 1.85 bits per heavy atom. The van der Waals surface area contributed by atoms with Gasteiger partial charge in [0.2, 0.25) is 5.91 Å². The van der Waals surface area contributed by atoms with Crippen molar-refractivity contribution >= 4 is 11.9 Å². The van der Waals surface area contributed by atoms with E-state index in [-0.39, 0.29) is 16.9 Å². The number of carbonyl (C=O) groups excluding carboxylic acids is 1. The molecule has 0 spiro atoms. The Labute approximate surface area is 163 Å². The van der Waals surface area contributed by atoms with E-state index in [1.165, 1.54) is 0 Å². The number of guanidine groups is 1. The van der Waals surface area contributed by atoms with Gasteiger partial charge >= 0.3 is 0 Å². The number of hydrogen-bond donors (Lipinski definition) is 2. The van der Waals surface area contributed by atoms with Crippen LogP contribution in [0.1, 0.15) is 27.2 Å². The Kier molecular flexibility index (Phi) is 7.47. The van der Waals surface area contributed by atoms with Crippen molar-refractivity contribution in [3.63, 3.8) is 0 Å². The fraction of sp³-hybridized carbons (Fsp3) is 0.895. The van der Waals surface area contributed by atoms with Gasteiger partial charge in [0.1, 0.15) is 0 Å². The Morgan fingerprint density at radius 1 is 1.19 bits per heavy atom. The van der Waals surface area contributed by atoms with Crippen molar-refractivity contribution in [1.29, 1.82) is 0 Å².